The summed E-state index contributed by atoms with van der Waals surface area (Å²) in [7, 11) is 0. The minimum atomic E-state index is 0.293. The van der Waals surface area contributed by atoms with Crippen molar-refractivity contribution >= 4 is 17.4 Å². The maximum absolute atomic E-state index is 6.11. The van der Waals surface area contributed by atoms with Gasteiger partial charge in [0, 0.05) is 30.9 Å². The summed E-state index contributed by atoms with van der Waals surface area (Å²) in [5.41, 5.74) is 0.974. The number of rotatable bonds is 6. The van der Waals surface area contributed by atoms with Crippen LogP contribution in [0.3, 0.4) is 0 Å². The van der Waals surface area contributed by atoms with Crippen molar-refractivity contribution in [2.75, 3.05) is 11.9 Å². The Morgan fingerprint density at radius 3 is 2.84 bits per heavy atom. The van der Waals surface area contributed by atoms with E-state index in [-0.39, 0.29) is 0 Å². The molecule has 19 heavy (non-hydrogen) atoms. The number of anilines is 1. The molecular weight excluding hydrogens is 262 g/mol. The zero-order chi connectivity index (χ0) is 13.7. The fraction of sp³-hybridized carbons (Fsp3) is 0.462. The Kier molecular flexibility index (Phi) is 4.74. The molecule has 102 valence electrons. The second kappa shape index (κ2) is 6.52. The van der Waals surface area contributed by atoms with Crippen LogP contribution >= 0.6 is 11.6 Å². The molecule has 5 nitrogen and oxygen atoms in total. The van der Waals surface area contributed by atoms with E-state index in [1.807, 2.05) is 6.20 Å². The Labute approximate surface area is 117 Å². The molecule has 2 N–H and O–H groups in total. The van der Waals surface area contributed by atoms with E-state index in [0.717, 1.165) is 36.6 Å². The maximum Gasteiger partial charge on any atom is 0.138 e. The largest absolute Gasteiger partial charge is 0.370 e. The van der Waals surface area contributed by atoms with Gasteiger partial charge in [0.15, 0.2) is 0 Å². The molecule has 6 heteroatoms. The highest BCUT2D eigenvalue weighted by atomic mass is 35.5. The third kappa shape index (κ3) is 3.67. The average molecular weight is 280 g/mol. The number of imidazole rings is 1. The first-order valence-electron chi connectivity index (χ1n) is 6.41. The lowest BCUT2D eigenvalue weighted by molar-refractivity contribution is 0.801. The maximum atomic E-state index is 6.11. The first-order chi connectivity index (χ1) is 9.18. The summed E-state index contributed by atoms with van der Waals surface area (Å²) in [5, 5.41) is 3.85. The highest BCUT2D eigenvalue weighted by Gasteiger charge is 2.12. The quantitative estimate of drug-likeness (QED) is 0.630. The van der Waals surface area contributed by atoms with Crippen molar-refractivity contribution in [3.05, 3.63) is 35.3 Å². The Morgan fingerprint density at radius 1 is 1.32 bits per heavy atom. The van der Waals surface area contributed by atoms with Gasteiger partial charge in [-0.1, -0.05) is 25.4 Å². The number of aromatic amines is 1. The number of aryl methyl sites for hydroxylation is 1. The van der Waals surface area contributed by atoms with Crippen molar-refractivity contribution < 1.29 is 0 Å². The van der Waals surface area contributed by atoms with Crippen LogP contribution in [-0.4, -0.2) is 26.5 Å². The number of nitrogens with zero attached hydrogens (tertiary/aromatic N) is 3. The highest BCUT2D eigenvalue weighted by molar-refractivity contribution is 6.30. The molecule has 0 bridgehead atoms. The summed E-state index contributed by atoms with van der Waals surface area (Å²) in [6.45, 7) is 4.99. The predicted molar refractivity (Wildman–Crippen MR) is 76.5 cm³/mol. The lowest BCUT2D eigenvalue weighted by atomic mass is 10.1. The van der Waals surface area contributed by atoms with Crippen molar-refractivity contribution in [1.29, 1.82) is 0 Å². The molecule has 0 fully saturated rings. The zero-order valence-electron chi connectivity index (χ0n) is 11.2. The van der Waals surface area contributed by atoms with Crippen LogP contribution in [0.25, 0.3) is 0 Å². The third-order valence-electron chi connectivity index (χ3n) is 2.85. The van der Waals surface area contributed by atoms with Gasteiger partial charge in [0.1, 0.15) is 23.1 Å². The Balaban J connectivity index is 1.90. The summed E-state index contributed by atoms with van der Waals surface area (Å²) in [6.07, 6.45) is 6.99. The van der Waals surface area contributed by atoms with Crippen LogP contribution in [-0.2, 0) is 6.42 Å². The van der Waals surface area contributed by atoms with Crippen molar-refractivity contribution in [3.63, 3.8) is 0 Å². The van der Waals surface area contributed by atoms with Gasteiger partial charge in [0.2, 0.25) is 0 Å². The van der Waals surface area contributed by atoms with Crippen LogP contribution < -0.4 is 5.32 Å². The molecule has 0 saturated carbocycles. The Bertz CT molecular complexity index is 510. The monoisotopic (exact) mass is 279 g/mol. The second-order valence-corrected chi connectivity index (χ2v) is 5.01. The molecule has 0 spiro atoms. The minimum Gasteiger partial charge on any atom is -0.370 e. The van der Waals surface area contributed by atoms with Crippen LogP contribution in [0.5, 0.6) is 0 Å². The number of hydrogen-bond donors (Lipinski definition) is 2. The van der Waals surface area contributed by atoms with Gasteiger partial charge < -0.3 is 10.3 Å². The van der Waals surface area contributed by atoms with Crippen molar-refractivity contribution in [3.8, 4) is 0 Å². The molecule has 0 unspecified atom stereocenters. The van der Waals surface area contributed by atoms with E-state index in [0.29, 0.717) is 11.1 Å². The van der Waals surface area contributed by atoms with Gasteiger partial charge in [0.25, 0.3) is 0 Å². The summed E-state index contributed by atoms with van der Waals surface area (Å²) in [5.74, 6) is 2.13. The van der Waals surface area contributed by atoms with Crippen molar-refractivity contribution in [2.24, 2.45) is 0 Å². The van der Waals surface area contributed by atoms with E-state index < -0.39 is 0 Å². The Hall–Kier alpha value is -1.62. The summed E-state index contributed by atoms with van der Waals surface area (Å²) < 4.78 is 0. The van der Waals surface area contributed by atoms with Crippen molar-refractivity contribution in [1.82, 2.24) is 19.9 Å². The molecule has 0 aliphatic carbocycles. The molecule has 0 radical (unpaired) electrons. The molecule has 0 atom stereocenters. The van der Waals surface area contributed by atoms with Crippen LogP contribution in [0.2, 0.25) is 5.15 Å². The number of H-pyrrole nitrogens is 1. The normalized spacial score (nSPS) is 10.9. The fourth-order valence-electron chi connectivity index (χ4n) is 1.92. The van der Waals surface area contributed by atoms with E-state index in [9.17, 15) is 0 Å². The number of halogens is 1. The summed E-state index contributed by atoms with van der Waals surface area (Å²) in [6, 6.07) is 0. The molecule has 0 aromatic carbocycles. The lowest BCUT2D eigenvalue weighted by Gasteiger charge is -2.13. The smallest absolute Gasteiger partial charge is 0.138 e. The molecule has 2 aromatic rings. The first kappa shape index (κ1) is 13.8. The fourth-order valence-corrected chi connectivity index (χ4v) is 2.28. The average Bonchev–Trinajstić information content (AvgIpc) is 2.87. The molecule has 0 saturated heterocycles. The summed E-state index contributed by atoms with van der Waals surface area (Å²) in [4.78, 5) is 15.6. The van der Waals surface area contributed by atoms with Gasteiger partial charge in [-0.05, 0) is 12.3 Å². The molecule has 0 aliphatic heterocycles. The van der Waals surface area contributed by atoms with E-state index >= 15 is 0 Å². The number of nitrogens with one attached hydrogen (secondary N) is 2. The molecule has 2 heterocycles. The topological polar surface area (TPSA) is 66.5 Å². The molecular formula is C13H18ClN5. The number of aromatic nitrogens is 4. The minimum absolute atomic E-state index is 0.293. The zero-order valence-corrected chi connectivity index (χ0v) is 11.9. The standard InChI is InChI=1S/C13H18ClN5/c1-9(2)11-12(14)18-8-19-13(11)17-5-3-4-10-15-6-7-16-10/h6-9H,3-5H2,1-2H3,(H,15,16)(H,17,18,19). The van der Waals surface area contributed by atoms with Gasteiger partial charge in [0.05, 0.1) is 0 Å². The third-order valence-corrected chi connectivity index (χ3v) is 3.15. The molecule has 0 amide bonds. The van der Waals surface area contributed by atoms with E-state index in [4.69, 9.17) is 11.6 Å². The first-order valence-corrected chi connectivity index (χ1v) is 6.78. The van der Waals surface area contributed by atoms with Crippen molar-refractivity contribution in [2.45, 2.75) is 32.6 Å². The molecule has 2 rings (SSSR count). The number of hydrogen-bond acceptors (Lipinski definition) is 4. The van der Waals surface area contributed by atoms with Crippen LogP contribution in [0.1, 0.15) is 37.6 Å². The second-order valence-electron chi connectivity index (χ2n) is 4.65. The molecule has 0 aliphatic rings. The summed E-state index contributed by atoms with van der Waals surface area (Å²) >= 11 is 6.11. The van der Waals surface area contributed by atoms with E-state index in [1.165, 1.54) is 6.33 Å². The van der Waals surface area contributed by atoms with Crippen LogP contribution in [0.4, 0.5) is 5.82 Å². The van der Waals surface area contributed by atoms with Crippen LogP contribution in [0, 0.1) is 0 Å². The lowest BCUT2D eigenvalue weighted by Crippen LogP contribution is -2.09. The van der Waals surface area contributed by atoms with E-state index in [1.54, 1.807) is 6.20 Å². The SMILES string of the molecule is CC(C)c1c(Cl)ncnc1NCCCc1ncc[nH]1. The van der Waals surface area contributed by atoms with Gasteiger partial charge in [-0.3, -0.25) is 0 Å². The van der Waals surface area contributed by atoms with Gasteiger partial charge in [-0.15, -0.1) is 0 Å². The van der Waals surface area contributed by atoms with Gasteiger partial charge >= 0.3 is 0 Å². The highest BCUT2D eigenvalue weighted by Crippen LogP contribution is 2.27. The Morgan fingerprint density at radius 2 is 2.16 bits per heavy atom. The molecule has 2 aromatic heterocycles. The van der Waals surface area contributed by atoms with Gasteiger partial charge in [-0.2, -0.15) is 0 Å². The predicted octanol–water partition coefficient (Wildman–Crippen LogP) is 3.02. The van der Waals surface area contributed by atoms with Gasteiger partial charge in [-0.25, -0.2) is 15.0 Å². The van der Waals surface area contributed by atoms with E-state index in [2.05, 4.69) is 39.1 Å². The van der Waals surface area contributed by atoms with Crippen LogP contribution in [0.15, 0.2) is 18.7 Å².